The summed E-state index contributed by atoms with van der Waals surface area (Å²) in [5, 5.41) is 12.2. The number of rotatable bonds is 5. The van der Waals surface area contributed by atoms with Crippen molar-refractivity contribution in [1.29, 1.82) is 0 Å². The van der Waals surface area contributed by atoms with Crippen LogP contribution < -0.4 is 5.32 Å². The van der Waals surface area contributed by atoms with Crippen LogP contribution in [0.3, 0.4) is 0 Å². The van der Waals surface area contributed by atoms with Crippen molar-refractivity contribution in [2.24, 2.45) is 0 Å². The summed E-state index contributed by atoms with van der Waals surface area (Å²) in [5.41, 5.74) is 2.34. The Bertz CT molecular complexity index is 256. The Morgan fingerprint density at radius 3 is 2.43 bits per heavy atom. The molecule has 0 aliphatic carbocycles. The van der Waals surface area contributed by atoms with Gasteiger partial charge in [-0.05, 0) is 37.5 Å². The average Bonchev–Trinajstić information content (AvgIpc) is 2.21. The smallest absolute Gasteiger partial charge is 0.0471 e. The van der Waals surface area contributed by atoms with Gasteiger partial charge in [-0.3, -0.25) is 0 Å². The van der Waals surface area contributed by atoms with E-state index in [2.05, 4.69) is 43.4 Å². The second-order valence-electron chi connectivity index (χ2n) is 3.62. The molecule has 2 heteroatoms. The van der Waals surface area contributed by atoms with Gasteiger partial charge in [0.1, 0.15) is 0 Å². The Morgan fingerprint density at radius 1 is 1.29 bits per heavy atom. The van der Waals surface area contributed by atoms with E-state index in [0.717, 1.165) is 18.5 Å². The van der Waals surface area contributed by atoms with Crippen LogP contribution in [-0.2, 0) is 6.42 Å². The Balaban J connectivity index is 2.54. The van der Waals surface area contributed by atoms with Crippen molar-refractivity contribution in [2.75, 3.05) is 11.9 Å². The summed E-state index contributed by atoms with van der Waals surface area (Å²) in [6.45, 7) is 4.55. The maximum Gasteiger partial charge on any atom is 0.0471 e. The van der Waals surface area contributed by atoms with E-state index in [-0.39, 0.29) is 6.61 Å². The van der Waals surface area contributed by atoms with Gasteiger partial charge in [0, 0.05) is 18.3 Å². The first-order chi connectivity index (χ1) is 6.76. The second kappa shape index (κ2) is 5.66. The first-order valence-corrected chi connectivity index (χ1v) is 5.22. The highest BCUT2D eigenvalue weighted by Crippen LogP contribution is 2.11. The van der Waals surface area contributed by atoms with Gasteiger partial charge >= 0.3 is 0 Å². The van der Waals surface area contributed by atoms with Crippen molar-refractivity contribution in [3.63, 3.8) is 0 Å². The van der Waals surface area contributed by atoms with E-state index < -0.39 is 0 Å². The summed E-state index contributed by atoms with van der Waals surface area (Å²) in [4.78, 5) is 0. The molecular weight excluding hydrogens is 174 g/mol. The molecule has 0 bridgehead atoms. The molecule has 0 aliphatic heterocycles. The molecule has 0 fully saturated rings. The highest BCUT2D eigenvalue weighted by atomic mass is 16.2. The zero-order valence-corrected chi connectivity index (χ0v) is 8.96. The fourth-order valence-electron chi connectivity index (χ4n) is 1.28. The van der Waals surface area contributed by atoms with Gasteiger partial charge in [0.15, 0.2) is 0 Å². The van der Waals surface area contributed by atoms with Crippen LogP contribution in [0.5, 0.6) is 0 Å². The molecule has 14 heavy (non-hydrogen) atoms. The molecule has 0 heterocycles. The molecule has 1 atom stereocenters. The van der Waals surface area contributed by atoms with Gasteiger partial charge in [0.2, 0.25) is 0 Å². The summed E-state index contributed by atoms with van der Waals surface area (Å²) in [6.07, 6.45) is 1.86. The molecule has 0 radical (unpaired) electrons. The molecule has 2 N–H and O–H groups in total. The summed E-state index contributed by atoms with van der Waals surface area (Å²) < 4.78 is 0. The van der Waals surface area contributed by atoms with Gasteiger partial charge in [-0.15, -0.1) is 0 Å². The summed E-state index contributed by atoms with van der Waals surface area (Å²) in [6, 6.07) is 8.76. The molecule has 2 nitrogen and oxygen atoms in total. The molecule has 0 saturated heterocycles. The van der Waals surface area contributed by atoms with E-state index >= 15 is 0 Å². The van der Waals surface area contributed by atoms with Crippen molar-refractivity contribution in [3.8, 4) is 0 Å². The molecule has 0 amide bonds. The molecule has 1 unspecified atom stereocenters. The van der Waals surface area contributed by atoms with Crippen LogP contribution in [0.2, 0.25) is 0 Å². The molecule has 1 aromatic rings. The van der Waals surface area contributed by atoms with E-state index in [1.54, 1.807) is 0 Å². The van der Waals surface area contributed by atoms with Gasteiger partial charge in [-0.25, -0.2) is 0 Å². The largest absolute Gasteiger partial charge is 0.396 e. The van der Waals surface area contributed by atoms with Gasteiger partial charge in [-0.1, -0.05) is 19.1 Å². The standard InChI is InChI=1S/C12H19NO/c1-3-10(2)13-12-6-4-11(5-7-12)8-9-14/h4-7,10,13-14H,3,8-9H2,1-2H3. The monoisotopic (exact) mass is 193 g/mol. The third-order valence-corrected chi connectivity index (χ3v) is 2.38. The van der Waals surface area contributed by atoms with E-state index in [0.29, 0.717) is 6.04 Å². The number of benzene rings is 1. The molecule has 0 saturated carbocycles. The zero-order valence-electron chi connectivity index (χ0n) is 8.96. The first kappa shape index (κ1) is 11.1. The minimum atomic E-state index is 0.220. The highest BCUT2D eigenvalue weighted by molar-refractivity contribution is 5.45. The van der Waals surface area contributed by atoms with Gasteiger partial charge in [0.25, 0.3) is 0 Å². The van der Waals surface area contributed by atoms with Crippen LogP contribution in [-0.4, -0.2) is 17.8 Å². The minimum absolute atomic E-state index is 0.220. The summed E-state index contributed by atoms with van der Waals surface area (Å²) >= 11 is 0. The molecule has 0 aliphatic rings. The summed E-state index contributed by atoms with van der Waals surface area (Å²) in [7, 11) is 0. The average molecular weight is 193 g/mol. The Hall–Kier alpha value is -1.02. The van der Waals surface area contributed by atoms with Crippen molar-refractivity contribution < 1.29 is 5.11 Å². The first-order valence-electron chi connectivity index (χ1n) is 5.22. The minimum Gasteiger partial charge on any atom is -0.396 e. The quantitative estimate of drug-likeness (QED) is 0.752. The third kappa shape index (κ3) is 3.38. The SMILES string of the molecule is CCC(C)Nc1ccc(CCO)cc1. The van der Waals surface area contributed by atoms with Crippen molar-refractivity contribution in [2.45, 2.75) is 32.7 Å². The predicted octanol–water partition coefficient (Wildman–Crippen LogP) is 2.43. The van der Waals surface area contributed by atoms with Crippen molar-refractivity contribution in [3.05, 3.63) is 29.8 Å². The van der Waals surface area contributed by atoms with Gasteiger partial charge in [0.05, 0.1) is 0 Å². The maximum absolute atomic E-state index is 8.76. The van der Waals surface area contributed by atoms with E-state index in [1.807, 2.05) is 0 Å². The molecule has 0 spiro atoms. The van der Waals surface area contributed by atoms with Gasteiger partial charge in [-0.2, -0.15) is 0 Å². The number of hydrogen-bond donors (Lipinski definition) is 2. The Labute approximate surface area is 86.0 Å². The number of nitrogens with one attached hydrogen (secondary N) is 1. The molecule has 1 aromatic carbocycles. The molecule has 78 valence electrons. The fraction of sp³-hybridized carbons (Fsp3) is 0.500. The highest BCUT2D eigenvalue weighted by Gasteiger charge is 1.98. The second-order valence-corrected chi connectivity index (χ2v) is 3.62. The normalized spacial score (nSPS) is 12.5. The van der Waals surface area contributed by atoms with Crippen LogP contribution in [0.25, 0.3) is 0 Å². The molecule has 0 aromatic heterocycles. The van der Waals surface area contributed by atoms with Crippen LogP contribution in [0.1, 0.15) is 25.8 Å². The lowest BCUT2D eigenvalue weighted by Crippen LogP contribution is -2.13. The van der Waals surface area contributed by atoms with E-state index in [1.165, 1.54) is 5.56 Å². The number of aliphatic hydroxyl groups excluding tert-OH is 1. The van der Waals surface area contributed by atoms with Crippen molar-refractivity contribution in [1.82, 2.24) is 0 Å². The van der Waals surface area contributed by atoms with Crippen LogP contribution >= 0.6 is 0 Å². The Morgan fingerprint density at radius 2 is 1.93 bits per heavy atom. The molecule has 1 rings (SSSR count). The molecular formula is C12H19NO. The third-order valence-electron chi connectivity index (χ3n) is 2.38. The topological polar surface area (TPSA) is 32.3 Å². The predicted molar refractivity (Wildman–Crippen MR) is 60.6 cm³/mol. The fourth-order valence-corrected chi connectivity index (χ4v) is 1.28. The number of anilines is 1. The van der Waals surface area contributed by atoms with E-state index in [4.69, 9.17) is 5.11 Å². The lowest BCUT2D eigenvalue weighted by molar-refractivity contribution is 0.299. The van der Waals surface area contributed by atoms with Crippen LogP contribution in [0.15, 0.2) is 24.3 Å². The van der Waals surface area contributed by atoms with E-state index in [9.17, 15) is 0 Å². The lowest BCUT2D eigenvalue weighted by Gasteiger charge is -2.13. The van der Waals surface area contributed by atoms with Crippen molar-refractivity contribution >= 4 is 5.69 Å². The maximum atomic E-state index is 8.76. The Kier molecular flexibility index (Phi) is 4.47. The zero-order chi connectivity index (χ0) is 10.4. The van der Waals surface area contributed by atoms with Crippen LogP contribution in [0.4, 0.5) is 5.69 Å². The van der Waals surface area contributed by atoms with Gasteiger partial charge < -0.3 is 10.4 Å². The summed E-state index contributed by atoms with van der Waals surface area (Å²) in [5.74, 6) is 0. The number of aliphatic hydroxyl groups is 1. The number of hydrogen-bond acceptors (Lipinski definition) is 2. The lowest BCUT2D eigenvalue weighted by atomic mass is 10.1. The van der Waals surface area contributed by atoms with Crippen LogP contribution in [0, 0.1) is 0 Å².